The highest BCUT2D eigenvalue weighted by Gasteiger charge is 2.18. The minimum atomic E-state index is 0.0675. The number of aliphatic hydroxyl groups is 1. The number of thiazole rings is 1. The van der Waals surface area contributed by atoms with E-state index in [4.69, 9.17) is 4.98 Å². The van der Waals surface area contributed by atoms with E-state index in [1.165, 1.54) is 11.1 Å². The Labute approximate surface area is 131 Å². The summed E-state index contributed by atoms with van der Waals surface area (Å²) in [5, 5.41) is 10.5. The number of aromatic nitrogens is 1. The molecule has 2 rings (SSSR count). The van der Waals surface area contributed by atoms with Crippen molar-refractivity contribution in [3.8, 4) is 0 Å². The standard InChI is InChI=1S/C17H24N2OS/c1-6-12(3)16-15(10-20)21-17(18-16)19(5)14-8-7-11(2)9-13(14)4/h7-9,12,20H,6,10H2,1-5H3. The van der Waals surface area contributed by atoms with Crippen molar-refractivity contribution >= 4 is 22.2 Å². The van der Waals surface area contributed by atoms with Crippen molar-refractivity contribution < 1.29 is 5.11 Å². The first-order valence-corrected chi connectivity index (χ1v) is 8.21. The van der Waals surface area contributed by atoms with Gasteiger partial charge in [0.25, 0.3) is 0 Å². The van der Waals surface area contributed by atoms with Crippen LogP contribution in [0.3, 0.4) is 0 Å². The highest BCUT2D eigenvalue weighted by atomic mass is 32.1. The molecule has 0 saturated carbocycles. The summed E-state index contributed by atoms with van der Waals surface area (Å²) < 4.78 is 0. The first-order chi connectivity index (χ1) is 9.97. The molecule has 0 bridgehead atoms. The lowest BCUT2D eigenvalue weighted by Gasteiger charge is -2.19. The lowest BCUT2D eigenvalue weighted by atomic mass is 10.0. The summed E-state index contributed by atoms with van der Waals surface area (Å²) in [5.74, 6) is 0.379. The van der Waals surface area contributed by atoms with Crippen LogP contribution in [0.5, 0.6) is 0 Å². The Morgan fingerprint density at radius 2 is 2.05 bits per heavy atom. The quantitative estimate of drug-likeness (QED) is 0.881. The fourth-order valence-corrected chi connectivity index (χ4v) is 3.49. The fraction of sp³-hybridized carbons (Fsp3) is 0.471. The van der Waals surface area contributed by atoms with Crippen LogP contribution in [-0.4, -0.2) is 17.1 Å². The summed E-state index contributed by atoms with van der Waals surface area (Å²) in [6.07, 6.45) is 1.03. The van der Waals surface area contributed by atoms with Gasteiger partial charge in [-0.15, -0.1) is 0 Å². The van der Waals surface area contributed by atoms with Gasteiger partial charge in [0.15, 0.2) is 5.13 Å². The average molecular weight is 304 g/mol. The van der Waals surface area contributed by atoms with Gasteiger partial charge in [0.2, 0.25) is 0 Å². The van der Waals surface area contributed by atoms with Crippen LogP contribution in [0.2, 0.25) is 0 Å². The molecule has 0 saturated heterocycles. The average Bonchev–Trinajstić information content (AvgIpc) is 2.90. The zero-order valence-corrected chi connectivity index (χ0v) is 14.3. The Kier molecular flexibility index (Phi) is 5.01. The van der Waals surface area contributed by atoms with Crippen LogP contribution in [0.15, 0.2) is 18.2 Å². The third-order valence-corrected chi connectivity index (χ3v) is 5.07. The molecule has 21 heavy (non-hydrogen) atoms. The monoisotopic (exact) mass is 304 g/mol. The molecule has 0 aliphatic carbocycles. The van der Waals surface area contributed by atoms with Crippen molar-refractivity contribution in [1.29, 1.82) is 0 Å². The first kappa shape index (κ1) is 16.0. The molecule has 0 aliphatic rings. The van der Waals surface area contributed by atoms with Crippen LogP contribution < -0.4 is 4.90 Å². The van der Waals surface area contributed by atoms with Gasteiger partial charge in [-0.05, 0) is 37.8 Å². The second-order valence-electron chi connectivity index (χ2n) is 5.62. The van der Waals surface area contributed by atoms with Crippen molar-refractivity contribution in [3.05, 3.63) is 39.9 Å². The van der Waals surface area contributed by atoms with Crippen LogP contribution in [-0.2, 0) is 6.61 Å². The van der Waals surface area contributed by atoms with E-state index in [0.29, 0.717) is 5.92 Å². The van der Waals surface area contributed by atoms with Crippen molar-refractivity contribution in [2.24, 2.45) is 0 Å². The van der Waals surface area contributed by atoms with Crippen molar-refractivity contribution in [1.82, 2.24) is 4.98 Å². The summed E-state index contributed by atoms with van der Waals surface area (Å²) in [6, 6.07) is 6.44. The molecule has 3 nitrogen and oxygen atoms in total. The number of hydrogen-bond acceptors (Lipinski definition) is 4. The second kappa shape index (κ2) is 6.58. The van der Waals surface area contributed by atoms with E-state index in [2.05, 4.69) is 50.8 Å². The Bertz CT molecular complexity index is 621. The molecule has 1 heterocycles. The van der Waals surface area contributed by atoms with Crippen LogP contribution in [0, 0.1) is 13.8 Å². The van der Waals surface area contributed by atoms with E-state index in [9.17, 15) is 5.11 Å². The van der Waals surface area contributed by atoms with Gasteiger partial charge in [0.05, 0.1) is 17.2 Å². The predicted octanol–water partition coefficient (Wildman–Crippen LogP) is 4.53. The van der Waals surface area contributed by atoms with Crippen LogP contribution in [0.1, 0.15) is 47.9 Å². The molecule has 1 aromatic carbocycles. The fourth-order valence-electron chi connectivity index (χ4n) is 2.47. The van der Waals surface area contributed by atoms with E-state index in [-0.39, 0.29) is 6.61 Å². The zero-order chi connectivity index (χ0) is 15.6. The summed E-state index contributed by atoms with van der Waals surface area (Å²) in [6.45, 7) is 8.60. The van der Waals surface area contributed by atoms with E-state index in [1.54, 1.807) is 11.3 Å². The van der Waals surface area contributed by atoms with Gasteiger partial charge >= 0.3 is 0 Å². The smallest absolute Gasteiger partial charge is 0.190 e. The molecule has 1 aromatic heterocycles. The number of aliphatic hydroxyl groups excluding tert-OH is 1. The van der Waals surface area contributed by atoms with Gasteiger partial charge in [-0.25, -0.2) is 4.98 Å². The summed E-state index contributed by atoms with van der Waals surface area (Å²) >= 11 is 1.58. The lowest BCUT2D eigenvalue weighted by Crippen LogP contribution is -2.11. The molecule has 0 amide bonds. The second-order valence-corrected chi connectivity index (χ2v) is 6.68. The van der Waals surface area contributed by atoms with E-state index < -0.39 is 0 Å². The topological polar surface area (TPSA) is 36.4 Å². The predicted molar refractivity (Wildman–Crippen MR) is 90.7 cm³/mol. The molecular weight excluding hydrogens is 280 g/mol. The van der Waals surface area contributed by atoms with Gasteiger partial charge in [-0.2, -0.15) is 0 Å². The molecule has 2 aromatic rings. The molecule has 4 heteroatoms. The van der Waals surface area contributed by atoms with Crippen molar-refractivity contribution in [2.75, 3.05) is 11.9 Å². The molecule has 1 unspecified atom stereocenters. The molecule has 114 valence electrons. The Balaban J connectivity index is 2.39. The molecule has 0 spiro atoms. The highest BCUT2D eigenvalue weighted by molar-refractivity contribution is 7.15. The van der Waals surface area contributed by atoms with Gasteiger partial charge in [-0.1, -0.05) is 42.9 Å². The highest BCUT2D eigenvalue weighted by Crippen LogP contribution is 2.35. The lowest BCUT2D eigenvalue weighted by molar-refractivity contribution is 0.283. The SMILES string of the molecule is CCC(C)c1nc(N(C)c2ccc(C)cc2C)sc1CO. The summed E-state index contributed by atoms with van der Waals surface area (Å²) in [7, 11) is 2.04. The van der Waals surface area contributed by atoms with Gasteiger partial charge in [-0.3, -0.25) is 0 Å². The number of benzene rings is 1. The molecule has 0 aliphatic heterocycles. The third-order valence-electron chi connectivity index (χ3n) is 3.94. The zero-order valence-electron chi connectivity index (χ0n) is 13.5. The van der Waals surface area contributed by atoms with Gasteiger partial charge in [0, 0.05) is 12.7 Å². The Hall–Kier alpha value is -1.39. The van der Waals surface area contributed by atoms with Gasteiger partial charge < -0.3 is 10.0 Å². The Morgan fingerprint density at radius 1 is 1.33 bits per heavy atom. The minimum Gasteiger partial charge on any atom is -0.391 e. The van der Waals surface area contributed by atoms with E-state index in [1.807, 2.05) is 7.05 Å². The Morgan fingerprint density at radius 3 is 2.62 bits per heavy atom. The summed E-state index contributed by atoms with van der Waals surface area (Å²) in [4.78, 5) is 7.87. The van der Waals surface area contributed by atoms with E-state index in [0.717, 1.165) is 27.8 Å². The molecule has 0 radical (unpaired) electrons. The molecular formula is C17H24N2OS. The van der Waals surface area contributed by atoms with Crippen LogP contribution in [0.4, 0.5) is 10.8 Å². The number of hydrogen-bond donors (Lipinski definition) is 1. The molecule has 1 atom stereocenters. The van der Waals surface area contributed by atoms with Gasteiger partial charge in [0.1, 0.15) is 0 Å². The first-order valence-electron chi connectivity index (χ1n) is 7.39. The number of nitrogens with zero attached hydrogens (tertiary/aromatic N) is 2. The maximum Gasteiger partial charge on any atom is 0.190 e. The number of rotatable bonds is 5. The molecule has 0 fully saturated rings. The molecule has 1 N–H and O–H groups in total. The van der Waals surface area contributed by atoms with Crippen LogP contribution >= 0.6 is 11.3 Å². The maximum atomic E-state index is 9.57. The maximum absolute atomic E-state index is 9.57. The van der Waals surface area contributed by atoms with E-state index >= 15 is 0 Å². The van der Waals surface area contributed by atoms with Crippen molar-refractivity contribution in [2.45, 2.75) is 46.6 Å². The third kappa shape index (κ3) is 3.27. The normalized spacial score (nSPS) is 12.5. The minimum absolute atomic E-state index is 0.0675. The largest absolute Gasteiger partial charge is 0.391 e. The number of anilines is 2. The summed E-state index contributed by atoms with van der Waals surface area (Å²) in [5.41, 5.74) is 4.70. The number of aryl methyl sites for hydroxylation is 2. The van der Waals surface area contributed by atoms with Crippen LogP contribution in [0.25, 0.3) is 0 Å². The van der Waals surface area contributed by atoms with Crippen molar-refractivity contribution in [3.63, 3.8) is 0 Å².